The molecule has 1 atom stereocenters. The highest BCUT2D eigenvalue weighted by molar-refractivity contribution is 9.10. The summed E-state index contributed by atoms with van der Waals surface area (Å²) in [7, 11) is 0. The van der Waals surface area contributed by atoms with E-state index in [1.165, 1.54) is 16.7 Å². The van der Waals surface area contributed by atoms with Gasteiger partial charge in [0.2, 0.25) is 0 Å². The molecule has 0 saturated carbocycles. The summed E-state index contributed by atoms with van der Waals surface area (Å²) in [6, 6.07) is 6.20. The van der Waals surface area contributed by atoms with Crippen LogP contribution >= 0.6 is 15.9 Å². The summed E-state index contributed by atoms with van der Waals surface area (Å²) in [4.78, 5) is 0. The van der Waals surface area contributed by atoms with Crippen LogP contribution in [0.15, 0.2) is 28.9 Å². The molecule has 2 aromatic rings. The fraction of sp³-hybridized carbons (Fsp3) is 0.357. The lowest BCUT2D eigenvalue weighted by molar-refractivity contribution is 0.540. The Hall–Kier alpha value is -1.17. The van der Waals surface area contributed by atoms with E-state index in [1.807, 2.05) is 10.9 Å². The third kappa shape index (κ3) is 2.59. The number of hydrogen-bond donors (Lipinski definition) is 2. The lowest BCUT2D eigenvalue weighted by Gasteiger charge is -2.21. The zero-order valence-corrected chi connectivity index (χ0v) is 13.0. The van der Waals surface area contributed by atoms with E-state index in [1.54, 1.807) is 0 Å². The highest BCUT2D eigenvalue weighted by Crippen LogP contribution is 2.30. The Morgan fingerprint density at radius 1 is 1.42 bits per heavy atom. The van der Waals surface area contributed by atoms with Crippen LogP contribution in [0.4, 0.5) is 0 Å². The van der Waals surface area contributed by atoms with Crippen molar-refractivity contribution < 1.29 is 0 Å². The van der Waals surface area contributed by atoms with Gasteiger partial charge in [0.15, 0.2) is 0 Å². The number of nitrogens with zero attached hydrogens (tertiary/aromatic N) is 2. The van der Waals surface area contributed by atoms with Crippen LogP contribution in [-0.4, -0.2) is 9.78 Å². The lowest BCUT2D eigenvalue weighted by Crippen LogP contribution is -2.31. The van der Waals surface area contributed by atoms with Gasteiger partial charge in [-0.3, -0.25) is 10.5 Å². The van der Waals surface area contributed by atoms with E-state index in [4.69, 9.17) is 5.84 Å². The maximum absolute atomic E-state index is 5.80. The highest BCUT2D eigenvalue weighted by atomic mass is 79.9. The third-order valence-electron chi connectivity index (χ3n) is 3.53. The van der Waals surface area contributed by atoms with E-state index >= 15 is 0 Å². The molecule has 1 unspecified atom stereocenters. The van der Waals surface area contributed by atoms with Gasteiger partial charge in [0.05, 0.1) is 22.4 Å². The van der Waals surface area contributed by atoms with Crippen LogP contribution in [0.5, 0.6) is 0 Å². The van der Waals surface area contributed by atoms with Crippen molar-refractivity contribution >= 4 is 15.9 Å². The molecule has 19 heavy (non-hydrogen) atoms. The SMILES string of the molecule is CCn1ncc(Br)c1C(NN)c1cccc(C)c1C. The Balaban J connectivity index is 2.56. The number of hydrazine groups is 1. The normalized spacial score (nSPS) is 12.7. The monoisotopic (exact) mass is 322 g/mol. The van der Waals surface area contributed by atoms with Gasteiger partial charge in [-0.05, 0) is 53.4 Å². The molecule has 0 aliphatic rings. The van der Waals surface area contributed by atoms with Crippen LogP contribution < -0.4 is 11.3 Å². The fourth-order valence-corrected chi connectivity index (χ4v) is 2.84. The first-order chi connectivity index (χ1) is 9.10. The Morgan fingerprint density at radius 3 is 2.79 bits per heavy atom. The summed E-state index contributed by atoms with van der Waals surface area (Å²) in [6.07, 6.45) is 1.81. The van der Waals surface area contributed by atoms with Crippen molar-refractivity contribution in [2.45, 2.75) is 33.4 Å². The van der Waals surface area contributed by atoms with E-state index in [9.17, 15) is 0 Å². The van der Waals surface area contributed by atoms with Crippen LogP contribution in [0.25, 0.3) is 0 Å². The number of rotatable bonds is 4. The first kappa shape index (κ1) is 14.2. The number of aromatic nitrogens is 2. The van der Waals surface area contributed by atoms with Crippen molar-refractivity contribution in [3.63, 3.8) is 0 Å². The van der Waals surface area contributed by atoms with E-state index < -0.39 is 0 Å². The van der Waals surface area contributed by atoms with Crippen LogP contribution in [0.1, 0.15) is 35.3 Å². The highest BCUT2D eigenvalue weighted by Gasteiger charge is 2.22. The molecule has 0 radical (unpaired) electrons. The van der Waals surface area contributed by atoms with Gasteiger partial charge >= 0.3 is 0 Å². The van der Waals surface area contributed by atoms with Crippen LogP contribution in [0, 0.1) is 13.8 Å². The summed E-state index contributed by atoms with van der Waals surface area (Å²) in [5, 5.41) is 4.35. The fourth-order valence-electron chi connectivity index (χ4n) is 2.31. The summed E-state index contributed by atoms with van der Waals surface area (Å²) in [5.41, 5.74) is 7.66. The summed E-state index contributed by atoms with van der Waals surface area (Å²) >= 11 is 3.56. The van der Waals surface area contributed by atoms with Gasteiger partial charge in [-0.2, -0.15) is 5.10 Å². The Labute approximate surface area is 122 Å². The summed E-state index contributed by atoms with van der Waals surface area (Å²) < 4.78 is 2.93. The molecule has 1 aromatic carbocycles. The molecule has 1 heterocycles. The van der Waals surface area contributed by atoms with Gasteiger partial charge in [-0.1, -0.05) is 18.2 Å². The molecule has 0 amide bonds. The molecule has 3 N–H and O–H groups in total. The van der Waals surface area contributed by atoms with Crippen molar-refractivity contribution in [1.29, 1.82) is 0 Å². The van der Waals surface area contributed by atoms with E-state index in [0.29, 0.717) is 0 Å². The molecule has 2 rings (SSSR count). The van der Waals surface area contributed by atoms with Gasteiger partial charge in [0, 0.05) is 6.54 Å². The Bertz CT molecular complexity index is 577. The van der Waals surface area contributed by atoms with Gasteiger partial charge in [-0.25, -0.2) is 5.43 Å². The smallest absolute Gasteiger partial charge is 0.0892 e. The number of hydrogen-bond acceptors (Lipinski definition) is 3. The minimum absolute atomic E-state index is 0.0725. The molecule has 0 aliphatic carbocycles. The summed E-state index contributed by atoms with van der Waals surface area (Å²) in [5.74, 6) is 5.80. The average molecular weight is 323 g/mol. The Kier molecular flexibility index (Phi) is 4.39. The van der Waals surface area contributed by atoms with Crippen LogP contribution in [0.3, 0.4) is 0 Å². The van der Waals surface area contributed by atoms with Crippen LogP contribution in [0.2, 0.25) is 0 Å². The van der Waals surface area contributed by atoms with Gasteiger partial charge in [0.1, 0.15) is 0 Å². The quantitative estimate of drug-likeness (QED) is 0.672. The first-order valence-electron chi connectivity index (χ1n) is 6.33. The number of nitrogens with two attached hydrogens (primary N) is 1. The molecular weight excluding hydrogens is 304 g/mol. The zero-order chi connectivity index (χ0) is 14.0. The second kappa shape index (κ2) is 5.86. The predicted molar refractivity (Wildman–Crippen MR) is 80.7 cm³/mol. The largest absolute Gasteiger partial charge is 0.271 e. The van der Waals surface area contributed by atoms with Gasteiger partial charge in [-0.15, -0.1) is 0 Å². The molecule has 0 fully saturated rings. The van der Waals surface area contributed by atoms with E-state index in [-0.39, 0.29) is 6.04 Å². The minimum Gasteiger partial charge on any atom is -0.271 e. The molecule has 102 valence electrons. The second-order valence-corrected chi connectivity index (χ2v) is 5.44. The van der Waals surface area contributed by atoms with Crippen molar-refractivity contribution in [2.24, 2.45) is 5.84 Å². The van der Waals surface area contributed by atoms with Crippen molar-refractivity contribution in [2.75, 3.05) is 0 Å². The minimum atomic E-state index is -0.0725. The molecular formula is C14H19BrN4. The topological polar surface area (TPSA) is 55.9 Å². The Morgan fingerprint density at radius 2 is 2.16 bits per heavy atom. The zero-order valence-electron chi connectivity index (χ0n) is 11.4. The van der Waals surface area contributed by atoms with Gasteiger partial charge in [0.25, 0.3) is 0 Å². The second-order valence-electron chi connectivity index (χ2n) is 4.58. The van der Waals surface area contributed by atoms with Crippen molar-refractivity contribution in [1.82, 2.24) is 15.2 Å². The average Bonchev–Trinajstić information content (AvgIpc) is 2.77. The van der Waals surface area contributed by atoms with Crippen molar-refractivity contribution in [3.8, 4) is 0 Å². The molecule has 0 bridgehead atoms. The lowest BCUT2D eigenvalue weighted by atomic mass is 9.96. The molecule has 0 aliphatic heterocycles. The van der Waals surface area contributed by atoms with E-state index in [2.05, 4.69) is 65.4 Å². The number of benzene rings is 1. The maximum atomic E-state index is 5.80. The molecule has 5 heteroatoms. The predicted octanol–water partition coefficient (Wildman–Crippen LogP) is 2.84. The number of aryl methyl sites for hydroxylation is 2. The van der Waals surface area contributed by atoms with Crippen LogP contribution in [-0.2, 0) is 6.54 Å². The molecule has 1 aromatic heterocycles. The number of nitrogens with one attached hydrogen (secondary N) is 1. The molecule has 0 spiro atoms. The first-order valence-corrected chi connectivity index (χ1v) is 7.12. The van der Waals surface area contributed by atoms with E-state index in [0.717, 1.165) is 16.7 Å². The third-order valence-corrected chi connectivity index (χ3v) is 4.14. The van der Waals surface area contributed by atoms with Crippen molar-refractivity contribution in [3.05, 3.63) is 51.3 Å². The maximum Gasteiger partial charge on any atom is 0.0892 e. The summed E-state index contributed by atoms with van der Waals surface area (Å²) in [6.45, 7) is 7.11. The molecule has 0 saturated heterocycles. The number of halogens is 1. The molecule has 4 nitrogen and oxygen atoms in total. The standard InChI is InChI=1S/C14H19BrN4/c1-4-19-14(12(15)8-17-19)13(18-16)11-7-5-6-9(2)10(11)3/h5-8,13,18H,4,16H2,1-3H3. The van der Waals surface area contributed by atoms with Gasteiger partial charge < -0.3 is 0 Å².